The van der Waals surface area contributed by atoms with Crippen LogP contribution in [0.3, 0.4) is 0 Å². The minimum absolute atomic E-state index is 0.472. The van der Waals surface area contributed by atoms with Gasteiger partial charge in [0, 0.05) is 51.4 Å². The van der Waals surface area contributed by atoms with Gasteiger partial charge in [0.15, 0.2) is 0 Å². The number of nitrogens with one attached hydrogen (secondary N) is 1. The molecule has 0 aromatic rings. The number of rotatable bonds is 2. The SMILES string of the molecule is CC(C)(C)C1CCCCC1N1CCN(C2CNC2)CC1. The van der Waals surface area contributed by atoms with E-state index < -0.39 is 0 Å². The zero-order valence-corrected chi connectivity index (χ0v) is 13.7. The first-order chi connectivity index (χ1) is 9.55. The quantitative estimate of drug-likeness (QED) is 0.836. The summed E-state index contributed by atoms with van der Waals surface area (Å²) in [5.41, 5.74) is 0.472. The molecule has 3 aliphatic rings. The molecule has 3 fully saturated rings. The fraction of sp³-hybridized carbons (Fsp3) is 1.00. The standard InChI is InChI=1S/C17H33N3/c1-17(2,3)15-6-4-5-7-16(15)20-10-8-19(9-11-20)14-12-18-13-14/h14-16,18H,4-13H2,1-3H3. The van der Waals surface area contributed by atoms with Gasteiger partial charge in [-0.3, -0.25) is 9.80 Å². The molecule has 3 rings (SSSR count). The minimum Gasteiger partial charge on any atom is -0.314 e. The second-order valence-corrected chi connectivity index (χ2v) is 8.21. The van der Waals surface area contributed by atoms with Crippen LogP contribution in [0.15, 0.2) is 0 Å². The zero-order chi connectivity index (χ0) is 14.2. The third kappa shape index (κ3) is 3.05. The van der Waals surface area contributed by atoms with Crippen molar-refractivity contribution >= 4 is 0 Å². The van der Waals surface area contributed by atoms with Crippen molar-refractivity contribution in [3.8, 4) is 0 Å². The van der Waals surface area contributed by atoms with Gasteiger partial charge in [-0.05, 0) is 24.2 Å². The Kier molecular flexibility index (Phi) is 4.40. The van der Waals surface area contributed by atoms with Crippen LogP contribution in [0.2, 0.25) is 0 Å². The van der Waals surface area contributed by atoms with E-state index in [4.69, 9.17) is 0 Å². The molecule has 1 aliphatic carbocycles. The van der Waals surface area contributed by atoms with Gasteiger partial charge >= 0.3 is 0 Å². The van der Waals surface area contributed by atoms with Crippen LogP contribution in [0.4, 0.5) is 0 Å². The lowest BCUT2D eigenvalue weighted by molar-refractivity contribution is -0.00387. The van der Waals surface area contributed by atoms with Crippen LogP contribution in [0, 0.1) is 11.3 Å². The van der Waals surface area contributed by atoms with E-state index >= 15 is 0 Å². The van der Waals surface area contributed by atoms with Gasteiger partial charge in [-0.1, -0.05) is 33.6 Å². The van der Waals surface area contributed by atoms with Crippen molar-refractivity contribution in [2.45, 2.75) is 58.5 Å². The summed E-state index contributed by atoms with van der Waals surface area (Å²) in [5.74, 6) is 0.896. The predicted molar refractivity (Wildman–Crippen MR) is 85.0 cm³/mol. The van der Waals surface area contributed by atoms with E-state index in [9.17, 15) is 0 Å². The Hall–Kier alpha value is -0.120. The minimum atomic E-state index is 0.472. The van der Waals surface area contributed by atoms with E-state index in [0.717, 1.165) is 18.0 Å². The Morgan fingerprint density at radius 2 is 1.45 bits per heavy atom. The van der Waals surface area contributed by atoms with Crippen LogP contribution in [0.25, 0.3) is 0 Å². The van der Waals surface area contributed by atoms with Gasteiger partial charge < -0.3 is 5.32 Å². The molecule has 0 radical (unpaired) electrons. The van der Waals surface area contributed by atoms with Crippen LogP contribution in [0.5, 0.6) is 0 Å². The molecule has 0 aromatic heterocycles. The third-order valence-corrected chi connectivity index (χ3v) is 5.94. The highest BCUT2D eigenvalue weighted by atomic mass is 15.3. The summed E-state index contributed by atoms with van der Waals surface area (Å²) in [4.78, 5) is 5.54. The van der Waals surface area contributed by atoms with Gasteiger partial charge in [0.1, 0.15) is 0 Å². The second-order valence-electron chi connectivity index (χ2n) is 8.21. The lowest BCUT2D eigenvalue weighted by Gasteiger charge is -2.50. The molecule has 0 spiro atoms. The van der Waals surface area contributed by atoms with Gasteiger partial charge in [-0.25, -0.2) is 0 Å². The van der Waals surface area contributed by atoms with Gasteiger partial charge in [0.25, 0.3) is 0 Å². The van der Waals surface area contributed by atoms with Crippen molar-refractivity contribution in [1.29, 1.82) is 0 Å². The smallest absolute Gasteiger partial charge is 0.0346 e. The zero-order valence-electron chi connectivity index (χ0n) is 13.7. The third-order valence-electron chi connectivity index (χ3n) is 5.94. The second kappa shape index (κ2) is 5.94. The Morgan fingerprint density at radius 1 is 0.850 bits per heavy atom. The Bertz CT molecular complexity index is 311. The number of piperazine rings is 1. The molecule has 2 saturated heterocycles. The topological polar surface area (TPSA) is 18.5 Å². The average molecular weight is 279 g/mol. The fourth-order valence-corrected chi connectivity index (χ4v) is 4.52. The van der Waals surface area contributed by atoms with Gasteiger partial charge in [0.2, 0.25) is 0 Å². The predicted octanol–water partition coefficient (Wildman–Crippen LogP) is 2.18. The first-order valence-corrected chi connectivity index (χ1v) is 8.74. The van der Waals surface area contributed by atoms with Crippen molar-refractivity contribution in [3.63, 3.8) is 0 Å². The molecule has 2 aliphatic heterocycles. The molecule has 0 amide bonds. The summed E-state index contributed by atoms with van der Waals surface area (Å²) in [6.45, 7) is 15.0. The molecule has 0 aromatic carbocycles. The molecule has 2 atom stereocenters. The summed E-state index contributed by atoms with van der Waals surface area (Å²) >= 11 is 0. The van der Waals surface area contributed by atoms with Crippen molar-refractivity contribution in [1.82, 2.24) is 15.1 Å². The summed E-state index contributed by atoms with van der Waals surface area (Å²) in [7, 11) is 0. The van der Waals surface area contributed by atoms with Crippen molar-refractivity contribution in [2.24, 2.45) is 11.3 Å². The highest BCUT2D eigenvalue weighted by Crippen LogP contribution is 2.40. The van der Waals surface area contributed by atoms with Gasteiger partial charge in [-0.2, -0.15) is 0 Å². The Morgan fingerprint density at radius 3 is 2.00 bits per heavy atom. The van der Waals surface area contributed by atoms with Gasteiger partial charge in [0.05, 0.1) is 0 Å². The first-order valence-electron chi connectivity index (χ1n) is 8.74. The van der Waals surface area contributed by atoms with Crippen LogP contribution >= 0.6 is 0 Å². The Balaban J connectivity index is 1.57. The van der Waals surface area contributed by atoms with E-state index in [0.29, 0.717) is 5.41 Å². The highest BCUT2D eigenvalue weighted by molar-refractivity contribution is 4.93. The monoisotopic (exact) mass is 279 g/mol. The molecule has 116 valence electrons. The Labute approximate surface area is 125 Å². The highest BCUT2D eigenvalue weighted by Gasteiger charge is 2.38. The number of nitrogens with zero attached hydrogens (tertiary/aromatic N) is 2. The van der Waals surface area contributed by atoms with Crippen LogP contribution in [-0.2, 0) is 0 Å². The summed E-state index contributed by atoms with van der Waals surface area (Å²) < 4.78 is 0. The summed E-state index contributed by atoms with van der Waals surface area (Å²) in [6.07, 6.45) is 5.78. The maximum atomic E-state index is 3.40. The lowest BCUT2D eigenvalue weighted by Crippen LogP contribution is -2.63. The summed E-state index contributed by atoms with van der Waals surface area (Å²) in [6, 6.07) is 1.69. The molecule has 1 saturated carbocycles. The van der Waals surface area contributed by atoms with Crippen LogP contribution in [0.1, 0.15) is 46.5 Å². The molecule has 2 heterocycles. The maximum absolute atomic E-state index is 3.40. The maximum Gasteiger partial charge on any atom is 0.0346 e. The van der Waals surface area contributed by atoms with Crippen molar-refractivity contribution in [2.75, 3.05) is 39.3 Å². The molecule has 20 heavy (non-hydrogen) atoms. The van der Waals surface area contributed by atoms with E-state index in [1.165, 1.54) is 65.0 Å². The molecule has 0 bridgehead atoms. The molecular formula is C17H33N3. The largest absolute Gasteiger partial charge is 0.314 e. The van der Waals surface area contributed by atoms with Crippen molar-refractivity contribution < 1.29 is 0 Å². The van der Waals surface area contributed by atoms with Crippen molar-refractivity contribution in [3.05, 3.63) is 0 Å². The molecule has 2 unspecified atom stereocenters. The summed E-state index contributed by atoms with van der Waals surface area (Å²) in [5, 5.41) is 3.40. The molecular weight excluding hydrogens is 246 g/mol. The fourth-order valence-electron chi connectivity index (χ4n) is 4.52. The molecule has 3 heteroatoms. The molecule has 3 nitrogen and oxygen atoms in total. The normalized spacial score (nSPS) is 35.0. The number of hydrogen-bond donors (Lipinski definition) is 1. The van der Waals surface area contributed by atoms with E-state index in [1.807, 2.05) is 0 Å². The average Bonchev–Trinajstić information content (AvgIpc) is 2.37. The van der Waals surface area contributed by atoms with Crippen LogP contribution < -0.4 is 5.32 Å². The van der Waals surface area contributed by atoms with E-state index in [2.05, 4.69) is 35.9 Å². The van der Waals surface area contributed by atoms with Gasteiger partial charge in [-0.15, -0.1) is 0 Å². The van der Waals surface area contributed by atoms with E-state index in [1.54, 1.807) is 0 Å². The first kappa shape index (κ1) is 14.8. The lowest BCUT2D eigenvalue weighted by atomic mass is 9.69. The van der Waals surface area contributed by atoms with Crippen LogP contribution in [-0.4, -0.2) is 61.2 Å². The molecule has 1 N–H and O–H groups in total. The number of hydrogen-bond acceptors (Lipinski definition) is 3. The van der Waals surface area contributed by atoms with E-state index in [-0.39, 0.29) is 0 Å².